The molecule has 0 amide bonds. The van der Waals surface area contributed by atoms with Crippen LogP contribution in [0.5, 0.6) is 5.75 Å². The van der Waals surface area contributed by atoms with E-state index in [2.05, 4.69) is 17.2 Å². The van der Waals surface area contributed by atoms with Gasteiger partial charge in [0.25, 0.3) is 0 Å². The summed E-state index contributed by atoms with van der Waals surface area (Å²) in [5.41, 5.74) is -0.891. The number of rotatable bonds is 4. The van der Waals surface area contributed by atoms with E-state index < -0.39 is 60.9 Å². The number of nitrogens with zero attached hydrogens (tertiary/aromatic N) is 1. The highest BCUT2D eigenvalue weighted by molar-refractivity contribution is 7.71. The molecule has 0 radical (unpaired) electrons. The number of benzene rings is 1. The summed E-state index contributed by atoms with van der Waals surface area (Å²) in [4.78, 5) is 14.3. The summed E-state index contributed by atoms with van der Waals surface area (Å²) in [7, 11) is -4.70. The quantitative estimate of drug-likeness (QED) is 0.266. The smallest absolute Gasteiger partial charge is 0.403 e. The minimum atomic E-state index is -4.70. The Morgan fingerprint density at radius 1 is 1.13 bits per heavy atom. The fraction of sp³-hybridized carbons (Fsp3) is 0.583. The maximum atomic E-state index is 15.5. The maximum absolute atomic E-state index is 15.5. The Morgan fingerprint density at radius 3 is 2.37 bits per heavy atom. The summed E-state index contributed by atoms with van der Waals surface area (Å²) in [5.74, 6) is -4.70. The molecule has 210 valence electrons. The number of phosphoric acid groups is 1. The lowest BCUT2D eigenvalue weighted by Crippen LogP contribution is -2.45. The van der Waals surface area contributed by atoms with E-state index in [1.807, 2.05) is 41.5 Å². The van der Waals surface area contributed by atoms with Gasteiger partial charge in [0, 0.05) is 5.56 Å². The molecule has 14 heteroatoms. The molecule has 38 heavy (non-hydrogen) atoms. The molecule has 0 aliphatic carbocycles. The van der Waals surface area contributed by atoms with E-state index in [9.17, 15) is 24.0 Å². The first-order chi connectivity index (χ1) is 17.3. The van der Waals surface area contributed by atoms with Gasteiger partial charge in [-0.25, -0.2) is 22.7 Å². The zero-order valence-electron chi connectivity index (χ0n) is 21.8. The highest BCUT2D eigenvalue weighted by Crippen LogP contribution is 2.59. The third kappa shape index (κ3) is 5.51. The Balaban J connectivity index is 1.61. The summed E-state index contributed by atoms with van der Waals surface area (Å²) < 4.78 is 64.7. The monoisotopic (exact) mass is 576 g/mol. The third-order valence-electron chi connectivity index (χ3n) is 6.39. The Kier molecular flexibility index (Phi) is 7.31. The van der Waals surface area contributed by atoms with Crippen LogP contribution in [0.15, 0.2) is 17.1 Å². The fourth-order valence-electron chi connectivity index (χ4n) is 4.36. The van der Waals surface area contributed by atoms with Gasteiger partial charge in [-0.2, -0.15) is 0 Å². The molecule has 2 aliphatic rings. The number of phosphoric ester groups is 1. The molecule has 3 unspecified atom stereocenters. The molecular formula is C24H31F2N2O8PS. The molecule has 4 rings (SSSR count). The highest BCUT2D eigenvalue weighted by Gasteiger charge is 2.52. The van der Waals surface area contributed by atoms with Gasteiger partial charge in [0.1, 0.15) is 28.5 Å². The van der Waals surface area contributed by atoms with E-state index in [4.69, 9.17) is 18.3 Å². The van der Waals surface area contributed by atoms with E-state index in [1.54, 1.807) is 6.07 Å². The molecule has 0 bridgehead atoms. The molecule has 0 saturated carbocycles. The van der Waals surface area contributed by atoms with Crippen molar-refractivity contribution in [2.45, 2.75) is 90.1 Å². The summed E-state index contributed by atoms with van der Waals surface area (Å²) in [6.07, 6.45) is -1.79. The van der Waals surface area contributed by atoms with Crippen molar-refractivity contribution in [1.82, 2.24) is 9.55 Å². The second kappa shape index (κ2) is 9.58. The molecule has 1 fully saturated rings. The average Bonchev–Trinajstić information content (AvgIpc) is 3.25. The molecule has 2 aliphatic heterocycles. The van der Waals surface area contributed by atoms with Crippen LogP contribution in [0.1, 0.15) is 77.3 Å². The summed E-state index contributed by atoms with van der Waals surface area (Å²) in [6.45, 7) is 10.7. The van der Waals surface area contributed by atoms with Crippen LogP contribution >= 0.6 is 20.0 Å². The minimum absolute atomic E-state index is 0.0407. The van der Waals surface area contributed by atoms with Gasteiger partial charge >= 0.3 is 19.5 Å². The van der Waals surface area contributed by atoms with Crippen LogP contribution in [0.4, 0.5) is 8.78 Å². The number of aromatic nitrogens is 2. The van der Waals surface area contributed by atoms with Crippen LogP contribution in [0.3, 0.4) is 0 Å². The number of halogens is 2. The van der Waals surface area contributed by atoms with E-state index >= 15 is 4.39 Å². The Hall–Kier alpha value is -1.99. The van der Waals surface area contributed by atoms with Gasteiger partial charge in [-0.15, -0.1) is 0 Å². The van der Waals surface area contributed by atoms with Crippen LogP contribution in [-0.4, -0.2) is 31.8 Å². The molecule has 10 nitrogen and oxygen atoms in total. The maximum Gasteiger partial charge on any atom is 0.534 e. The van der Waals surface area contributed by atoms with Crippen molar-refractivity contribution >= 4 is 20.0 Å². The number of hydrogen-bond donors (Lipinski definition) is 3. The molecule has 3 atom stereocenters. The van der Waals surface area contributed by atoms with Crippen molar-refractivity contribution in [1.29, 1.82) is 0 Å². The first-order valence-corrected chi connectivity index (χ1v) is 13.8. The Morgan fingerprint density at radius 2 is 1.76 bits per heavy atom. The van der Waals surface area contributed by atoms with Gasteiger partial charge < -0.3 is 19.5 Å². The van der Waals surface area contributed by atoms with Gasteiger partial charge in [-0.3, -0.25) is 14.1 Å². The highest BCUT2D eigenvalue weighted by atomic mass is 32.1. The molecule has 1 aromatic heterocycles. The van der Waals surface area contributed by atoms with E-state index in [-0.39, 0.29) is 28.8 Å². The van der Waals surface area contributed by atoms with Crippen molar-refractivity contribution in [3.63, 3.8) is 0 Å². The molecule has 1 saturated heterocycles. The number of nitrogens with one attached hydrogen (secondary N) is 1. The number of aromatic amines is 1. The third-order valence-corrected chi connectivity index (χ3v) is 8.03. The standard InChI is InChI=1S/C24H31F2N2O8PS/c1-22(2,3)13-9-14(23(4,5)6)19-12(18(13)26)11-33-37(32,35-19)36-24(30,31)16-7-8-17(34-16)28-10-15(25)20(38)27-21(28)29/h9-10,16-17,30-31H,7-8,11H2,1-6H3,(H,27,29,38). The Labute approximate surface area is 223 Å². The van der Waals surface area contributed by atoms with Crippen molar-refractivity contribution < 1.29 is 41.9 Å². The zero-order valence-corrected chi connectivity index (χ0v) is 23.5. The van der Waals surface area contributed by atoms with Crippen molar-refractivity contribution in [3.05, 3.63) is 55.7 Å². The van der Waals surface area contributed by atoms with Crippen molar-refractivity contribution in [2.75, 3.05) is 0 Å². The summed E-state index contributed by atoms with van der Waals surface area (Å²) >= 11 is 4.69. The second-order valence-electron chi connectivity index (χ2n) is 11.5. The van der Waals surface area contributed by atoms with Gasteiger partial charge in [0.15, 0.2) is 5.82 Å². The van der Waals surface area contributed by atoms with Gasteiger partial charge in [-0.1, -0.05) is 53.8 Å². The molecule has 1 aromatic carbocycles. The van der Waals surface area contributed by atoms with E-state index in [0.717, 1.165) is 10.8 Å². The van der Waals surface area contributed by atoms with Crippen molar-refractivity contribution in [3.8, 4) is 5.75 Å². The van der Waals surface area contributed by atoms with E-state index in [0.29, 0.717) is 11.1 Å². The Bertz CT molecular complexity index is 1430. The molecule has 3 N–H and O–H groups in total. The van der Waals surface area contributed by atoms with Gasteiger partial charge in [-0.05, 0) is 35.3 Å². The fourth-order valence-corrected chi connectivity index (χ4v) is 5.81. The number of ether oxygens (including phenoxy) is 1. The second-order valence-corrected chi connectivity index (χ2v) is 13.4. The number of H-pyrrole nitrogens is 1. The number of fused-ring (bicyclic) bond motifs is 1. The van der Waals surface area contributed by atoms with Crippen LogP contribution < -0.4 is 10.2 Å². The first-order valence-electron chi connectivity index (χ1n) is 11.9. The first kappa shape index (κ1) is 29.0. The lowest BCUT2D eigenvalue weighted by Gasteiger charge is -2.36. The van der Waals surface area contributed by atoms with Crippen molar-refractivity contribution in [2.24, 2.45) is 0 Å². The number of aliphatic hydroxyl groups is 2. The summed E-state index contributed by atoms with van der Waals surface area (Å²) in [6, 6.07) is 1.64. The molecule has 2 aromatic rings. The molecule has 3 heterocycles. The van der Waals surface area contributed by atoms with Crippen LogP contribution in [-0.2, 0) is 35.8 Å². The predicted octanol–water partition coefficient (Wildman–Crippen LogP) is 4.83. The average molecular weight is 577 g/mol. The van der Waals surface area contributed by atoms with E-state index in [1.165, 1.54) is 0 Å². The lowest BCUT2D eigenvalue weighted by atomic mass is 9.78. The van der Waals surface area contributed by atoms with Crippen LogP contribution in [0.25, 0.3) is 0 Å². The van der Waals surface area contributed by atoms with Gasteiger partial charge in [0.2, 0.25) is 0 Å². The van der Waals surface area contributed by atoms with Crippen LogP contribution in [0.2, 0.25) is 0 Å². The topological polar surface area (TPSA) is 132 Å². The number of hydrogen-bond acceptors (Lipinski definition) is 9. The SMILES string of the molecule is CC(C)(C)c1cc(C(C)(C)C)c2c(c1F)COP(=O)(OC(O)(O)C1CCC(n3cc(F)c(=S)[nH]c3=O)O1)O2. The minimum Gasteiger partial charge on any atom is -0.403 e. The van der Waals surface area contributed by atoms with Crippen LogP contribution in [0, 0.1) is 16.3 Å². The zero-order chi connectivity index (χ0) is 28.4. The molecule has 0 spiro atoms. The normalized spacial score (nSPS) is 24.3. The van der Waals surface area contributed by atoms with Gasteiger partial charge in [0.05, 0.1) is 18.4 Å². The predicted molar refractivity (Wildman–Crippen MR) is 134 cm³/mol. The molecular weight excluding hydrogens is 545 g/mol. The largest absolute Gasteiger partial charge is 0.534 e. The lowest BCUT2D eigenvalue weighted by molar-refractivity contribution is -0.349. The summed E-state index contributed by atoms with van der Waals surface area (Å²) in [5, 5.41) is 21.3.